The van der Waals surface area contributed by atoms with Crippen LogP contribution in [0.15, 0.2) is 0 Å². The van der Waals surface area contributed by atoms with Gasteiger partial charge in [-0.2, -0.15) is 0 Å². The molecule has 0 aliphatic carbocycles. The highest BCUT2D eigenvalue weighted by atomic mass is 16.6. The van der Waals surface area contributed by atoms with Gasteiger partial charge in [0, 0.05) is 19.3 Å². The van der Waals surface area contributed by atoms with Gasteiger partial charge in [-0.3, -0.25) is 14.4 Å². The molecule has 0 unspecified atom stereocenters. The van der Waals surface area contributed by atoms with Crippen LogP contribution in [0.5, 0.6) is 0 Å². The zero-order valence-corrected chi connectivity index (χ0v) is 40.1. The number of carbonyl (C=O) groups excluding carboxylic acids is 3. The summed E-state index contributed by atoms with van der Waals surface area (Å²) in [4.78, 5) is 37.9. The summed E-state index contributed by atoms with van der Waals surface area (Å²) in [6.07, 6.45) is 52.3. The molecule has 0 aliphatic heterocycles. The van der Waals surface area contributed by atoms with Crippen molar-refractivity contribution in [2.45, 2.75) is 309 Å². The van der Waals surface area contributed by atoms with Crippen LogP contribution in [0, 0.1) is 0 Å². The topological polar surface area (TPSA) is 78.9 Å². The molecule has 0 rings (SSSR count). The lowest BCUT2D eigenvalue weighted by atomic mass is 10.0. The third-order valence-corrected chi connectivity index (χ3v) is 12.1. The second kappa shape index (κ2) is 49.1. The van der Waals surface area contributed by atoms with Crippen LogP contribution < -0.4 is 0 Å². The summed E-state index contributed by atoms with van der Waals surface area (Å²) < 4.78 is 16.8. The molecule has 0 heterocycles. The number of hydrogen-bond donors (Lipinski definition) is 0. The van der Waals surface area contributed by atoms with Gasteiger partial charge in [0.25, 0.3) is 0 Å². The van der Waals surface area contributed by atoms with Gasteiger partial charge in [0.15, 0.2) is 6.10 Å². The number of ether oxygens (including phenoxy) is 3. The van der Waals surface area contributed by atoms with Crippen molar-refractivity contribution >= 4 is 17.9 Å². The molecule has 0 fully saturated rings. The summed E-state index contributed by atoms with van der Waals surface area (Å²) in [5.74, 6) is -0.840. The van der Waals surface area contributed by atoms with Crippen LogP contribution >= 0.6 is 0 Å². The Bertz CT molecular complexity index is 874. The molecule has 0 radical (unpaired) electrons. The van der Waals surface area contributed by atoms with E-state index in [0.717, 1.165) is 57.8 Å². The molecule has 6 nitrogen and oxygen atoms in total. The standard InChI is InChI=1S/C53H102O6/c1-4-7-10-13-16-19-22-24-26-27-29-32-34-37-40-43-46-52(55)58-49-50(59-53(56)47-44-41-38-35-30-21-18-15-12-9-6-3)48-57-51(54)45-42-39-36-33-31-28-25-23-20-17-14-11-8-5-2/h50H,4-49H2,1-3H3/t50-/m1/s1. The first-order valence-corrected chi connectivity index (χ1v) is 26.5. The summed E-state index contributed by atoms with van der Waals surface area (Å²) in [7, 11) is 0. The number of rotatable bonds is 49. The van der Waals surface area contributed by atoms with Crippen LogP contribution in [0.2, 0.25) is 0 Å². The van der Waals surface area contributed by atoms with E-state index >= 15 is 0 Å². The van der Waals surface area contributed by atoms with Gasteiger partial charge in [-0.05, 0) is 19.3 Å². The smallest absolute Gasteiger partial charge is 0.306 e. The predicted molar refractivity (Wildman–Crippen MR) is 252 cm³/mol. The molecule has 0 N–H and O–H groups in total. The highest BCUT2D eigenvalue weighted by Crippen LogP contribution is 2.17. The maximum atomic E-state index is 12.8. The average Bonchev–Trinajstić information content (AvgIpc) is 3.23. The Kier molecular flexibility index (Phi) is 47.7. The fourth-order valence-electron chi connectivity index (χ4n) is 8.09. The normalized spacial score (nSPS) is 11.8. The molecule has 350 valence electrons. The minimum atomic E-state index is -0.759. The molecule has 0 saturated heterocycles. The van der Waals surface area contributed by atoms with Crippen molar-refractivity contribution in [2.75, 3.05) is 13.2 Å². The van der Waals surface area contributed by atoms with Crippen molar-refractivity contribution in [1.29, 1.82) is 0 Å². The molecule has 1 atom stereocenters. The number of carbonyl (C=O) groups is 3. The molecule has 0 spiro atoms. The summed E-state index contributed by atoms with van der Waals surface area (Å²) in [6.45, 7) is 6.68. The van der Waals surface area contributed by atoms with E-state index in [1.165, 1.54) is 205 Å². The van der Waals surface area contributed by atoms with Crippen molar-refractivity contribution < 1.29 is 28.6 Å². The van der Waals surface area contributed by atoms with E-state index in [1.54, 1.807) is 0 Å². The van der Waals surface area contributed by atoms with Crippen molar-refractivity contribution in [2.24, 2.45) is 0 Å². The summed E-state index contributed by atoms with van der Waals surface area (Å²) in [5, 5.41) is 0. The van der Waals surface area contributed by atoms with Gasteiger partial charge < -0.3 is 14.2 Å². The van der Waals surface area contributed by atoms with E-state index in [9.17, 15) is 14.4 Å². The first-order chi connectivity index (χ1) is 29.0. The van der Waals surface area contributed by atoms with Gasteiger partial charge >= 0.3 is 17.9 Å². The van der Waals surface area contributed by atoms with Gasteiger partial charge in [0.1, 0.15) is 13.2 Å². The first-order valence-electron chi connectivity index (χ1n) is 26.5. The molecular formula is C53H102O6. The first kappa shape index (κ1) is 57.4. The number of esters is 3. The van der Waals surface area contributed by atoms with Crippen LogP contribution in [-0.4, -0.2) is 37.2 Å². The minimum Gasteiger partial charge on any atom is -0.462 e. The van der Waals surface area contributed by atoms with E-state index in [-0.39, 0.29) is 31.1 Å². The highest BCUT2D eigenvalue weighted by Gasteiger charge is 2.19. The molecule has 59 heavy (non-hydrogen) atoms. The molecule has 0 bridgehead atoms. The van der Waals surface area contributed by atoms with Crippen molar-refractivity contribution in [3.63, 3.8) is 0 Å². The second-order valence-corrected chi connectivity index (χ2v) is 18.2. The minimum absolute atomic E-state index is 0.0617. The molecule has 0 aromatic rings. The lowest BCUT2D eigenvalue weighted by Crippen LogP contribution is -2.30. The number of unbranched alkanes of at least 4 members (excludes halogenated alkanes) is 38. The molecule has 6 heteroatoms. The fourth-order valence-corrected chi connectivity index (χ4v) is 8.09. The van der Waals surface area contributed by atoms with Crippen molar-refractivity contribution in [1.82, 2.24) is 0 Å². The highest BCUT2D eigenvalue weighted by molar-refractivity contribution is 5.71. The van der Waals surface area contributed by atoms with Crippen LogP contribution in [-0.2, 0) is 28.6 Å². The predicted octanol–water partition coefficient (Wildman–Crippen LogP) is 17.2. The lowest BCUT2D eigenvalue weighted by molar-refractivity contribution is -0.167. The molecular weight excluding hydrogens is 733 g/mol. The van der Waals surface area contributed by atoms with Crippen LogP contribution in [0.1, 0.15) is 303 Å². The lowest BCUT2D eigenvalue weighted by Gasteiger charge is -2.18. The molecule has 0 aromatic heterocycles. The molecule has 0 saturated carbocycles. The van der Waals surface area contributed by atoms with Crippen LogP contribution in [0.3, 0.4) is 0 Å². The Hall–Kier alpha value is -1.59. The van der Waals surface area contributed by atoms with E-state index in [0.29, 0.717) is 19.3 Å². The summed E-state index contributed by atoms with van der Waals surface area (Å²) in [5.41, 5.74) is 0. The Morgan fingerprint density at radius 2 is 0.458 bits per heavy atom. The SMILES string of the molecule is CCCCCCCCCCCCCCCCCCC(=O)OC[C@@H](COC(=O)CCCCCCCCCCCCCCCC)OC(=O)CCCCCCCCCCCCC. The van der Waals surface area contributed by atoms with Crippen LogP contribution in [0.25, 0.3) is 0 Å². The maximum Gasteiger partial charge on any atom is 0.306 e. The number of hydrogen-bond acceptors (Lipinski definition) is 6. The monoisotopic (exact) mass is 835 g/mol. The Morgan fingerprint density at radius 1 is 0.271 bits per heavy atom. The average molecular weight is 835 g/mol. The van der Waals surface area contributed by atoms with Crippen LogP contribution in [0.4, 0.5) is 0 Å². The molecule has 0 amide bonds. The summed E-state index contributed by atoms with van der Waals surface area (Å²) in [6, 6.07) is 0. The Morgan fingerprint density at radius 3 is 0.678 bits per heavy atom. The summed E-state index contributed by atoms with van der Waals surface area (Å²) >= 11 is 0. The Labute approximate surface area is 368 Å². The van der Waals surface area contributed by atoms with Gasteiger partial charge in [-0.25, -0.2) is 0 Å². The quantitative estimate of drug-likeness (QED) is 0.0345. The van der Waals surface area contributed by atoms with Gasteiger partial charge in [-0.1, -0.05) is 265 Å². The van der Waals surface area contributed by atoms with Gasteiger partial charge in [0.05, 0.1) is 0 Å². The largest absolute Gasteiger partial charge is 0.462 e. The van der Waals surface area contributed by atoms with E-state index < -0.39 is 6.10 Å². The maximum absolute atomic E-state index is 12.8. The van der Waals surface area contributed by atoms with Gasteiger partial charge in [-0.15, -0.1) is 0 Å². The second-order valence-electron chi connectivity index (χ2n) is 18.2. The zero-order valence-electron chi connectivity index (χ0n) is 40.1. The van der Waals surface area contributed by atoms with Crippen molar-refractivity contribution in [3.8, 4) is 0 Å². The van der Waals surface area contributed by atoms with E-state index in [1.807, 2.05) is 0 Å². The fraction of sp³-hybridized carbons (Fsp3) is 0.943. The third-order valence-electron chi connectivity index (χ3n) is 12.1. The Balaban J connectivity index is 4.27. The zero-order chi connectivity index (χ0) is 43.0. The molecule has 0 aliphatic rings. The van der Waals surface area contributed by atoms with Gasteiger partial charge in [0.2, 0.25) is 0 Å². The molecule has 0 aromatic carbocycles. The van der Waals surface area contributed by atoms with E-state index in [2.05, 4.69) is 20.8 Å². The van der Waals surface area contributed by atoms with E-state index in [4.69, 9.17) is 14.2 Å². The third kappa shape index (κ3) is 47.3. The van der Waals surface area contributed by atoms with Crippen molar-refractivity contribution in [3.05, 3.63) is 0 Å².